The first-order valence-electron chi connectivity index (χ1n) is 5.33. The van der Waals surface area contributed by atoms with Gasteiger partial charge in [-0.15, -0.1) is 0 Å². The maximum atomic E-state index is 10.7. The molecule has 0 aliphatic heterocycles. The van der Waals surface area contributed by atoms with Crippen LogP contribution in [0.15, 0.2) is 12.1 Å². The summed E-state index contributed by atoms with van der Waals surface area (Å²) < 4.78 is 10.7. The first kappa shape index (κ1) is 13.6. The van der Waals surface area contributed by atoms with E-state index in [2.05, 4.69) is 0 Å². The highest BCUT2D eigenvalue weighted by Crippen LogP contribution is 2.39. The Bertz CT molecular complexity index is 409. The number of rotatable bonds is 6. The second-order valence-electron chi connectivity index (χ2n) is 3.29. The van der Waals surface area contributed by atoms with Crippen LogP contribution in [0.5, 0.6) is 11.5 Å². The van der Waals surface area contributed by atoms with Crippen LogP contribution in [0.1, 0.15) is 20.3 Å². The van der Waals surface area contributed by atoms with Crippen LogP contribution < -0.4 is 9.47 Å². The maximum Gasteiger partial charge on any atom is 0.274 e. The smallest absolute Gasteiger partial charge is 0.274 e. The summed E-state index contributed by atoms with van der Waals surface area (Å²) in [4.78, 5) is 10.2. The molecule has 0 aliphatic rings. The van der Waals surface area contributed by atoms with E-state index in [1.807, 2.05) is 6.92 Å². The topological polar surface area (TPSA) is 61.6 Å². The first-order chi connectivity index (χ1) is 8.10. The highest BCUT2D eigenvalue weighted by Gasteiger charge is 2.17. The van der Waals surface area contributed by atoms with Crippen molar-refractivity contribution in [2.45, 2.75) is 20.3 Å². The average molecular weight is 260 g/mol. The zero-order chi connectivity index (χ0) is 12.8. The normalized spacial score (nSPS) is 10.1. The van der Waals surface area contributed by atoms with E-state index in [-0.39, 0.29) is 10.7 Å². The lowest BCUT2D eigenvalue weighted by atomic mass is 10.2. The van der Waals surface area contributed by atoms with E-state index in [9.17, 15) is 10.1 Å². The molecule has 0 bridgehead atoms. The van der Waals surface area contributed by atoms with Crippen molar-refractivity contribution in [3.63, 3.8) is 0 Å². The van der Waals surface area contributed by atoms with Crippen molar-refractivity contribution in [3.05, 3.63) is 27.3 Å². The summed E-state index contributed by atoms with van der Waals surface area (Å²) in [6, 6.07) is 2.58. The molecule has 6 heteroatoms. The lowest BCUT2D eigenvalue weighted by Gasteiger charge is -2.12. The monoisotopic (exact) mass is 259 g/mol. The number of nitro benzene ring substituents is 1. The minimum absolute atomic E-state index is 0.109. The Morgan fingerprint density at radius 2 is 2.06 bits per heavy atom. The summed E-state index contributed by atoms with van der Waals surface area (Å²) in [5, 5.41) is 10.9. The van der Waals surface area contributed by atoms with Gasteiger partial charge < -0.3 is 9.47 Å². The molecular formula is C11H14ClNO4. The van der Waals surface area contributed by atoms with Crippen molar-refractivity contribution in [2.24, 2.45) is 0 Å². The number of hydrogen-bond donors (Lipinski definition) is 0. The van der Waals surface area contributed by atoms with E-state index < -0.39 is 4.92 Å². The molecule has 0 atom stereocenters. The molecule has 0 radical (unpaired) electrons. The molecule has 1 rings (SSSR count). The van der Waals surface area contributed by atoms with Gasteiger partial charge in [0, 0.05) is 6.07 Å². The summed E-state index contributed by atoms with van der Waals surface area (Å²) in [6.45, 7) is 4.62. The van der Waals surface area contributed by atoms with Crippen LogP contribution in [-0.2, 0) is 0 Å². The van der Waals surface area contributed by atoms with Crippen LogP contribution in [0.4, 0.5) is 5.69 Å². The van der Waals surface area contributed by atoms with Gasteiger partial charge in [0.1, 0.15) is 0 Å². The standard InChI is InChI=1S/C11H14ClNO4/c1-3-5-17-11-9(12)6-8(13(14)15)7-10(11)16-4-2/h6-7H,3-5H2,1-2H3. The lowest BCUT2D eigenvalue weighted by Crippen LogP contribution is -2.01. The van der Waals surface area contributed by atoms with E-state index in [0.29, 0.717) is 24.7 Å². The molecule has 5 nitrogen and oxygen atoms in total. The third-order valence-corrected chi connectivity index (χ3v) is 2.24. The highest BCUT2D eigenvalue weighted by atomic mass is 35.5. The third kappa shape index (κ3) is 3.49. The van der Waals surface area contributed by atoms with Crippen LogP contribution in [0.25, 0.3) is 0 Å². The Morgan fingerprint density at radius 3 is 2.59 bits per heavy atom. The molecule has 0 unspecified atom stereocenters. The van der Waals surface area contributed by atoms with E-state index in [0.717, 1.165) is 6.42 Å². The molecule has 17 heavy (non-hydrogen) atoms. The maximum absolute atomic E-state index is 10.7. The quantitative estimate of drug-likeness (QED) is 0.580. The first-order valence-corrected chi connectivity index (χ1v) is 5.71. The van der Waals surface area contributed by atoms with Gasteiger partial charge in [0.15, 0.2) is 11.5 Å². The molecule has 0 spiro atoms. The molecule has 0 saturated carbocycles. The number of nitrogens with zero attached hydrogens (tertiary/aromatic N) is 1. The van der Waals surface area contributed by atoms with Gasteiger partial charge in [-0.2, -0.15) is 0 Å². The molecule has 0 fully saturated rings. The Kier molecular flexibility index (Phi) is 5.03. The Balaban J connectivity index is 3.12. The molecule has 0 amide bonds. The fraction of sp³-hybridized carbons (Fsp3) is 0.455. The fourth-order valence-corrected chi connectivity index (χ4v) is 1.53. The SMILES string of the molecule is CCCOc1c(Cl)cc([N+](=O)[O-])cc1OCC. The van der Waals surface area contributed by atoms with Crippen molar-refractivity contribution in [1.29, 1.82) is 0 Å². The van der Waals surface area contributed by atoms with Crippen LogP contribution in [-0.4, -0.2) is 18.1 Å². The lowest BCUT2D eigenvalue weighted by molar-refractivity contribution is -0.384. The van der Waals surface area contributed by atoms with Crippen molar-refractivity contribution in [1.82, 2.24) is 0 Å². The molecule has 0 aromatic heterocycles. The van der Waals surface area contributed by atoms with Gasteiger partial charge in [-0.05, 0) is 13.3 Å². The molecule has 94 valence electrons. The van der Waals surface area contributed by atoms with Crippen molar-refractivity contribution in [3.8, 4) is 11.5 Å². The molecular weight excluding hydrogens is 246 g/mol. The predicted octanol–water partition coefficient (Wildman–Crippen LogP) is 3.44. The number of halogens is 1. The van der Waals surface area contributed by atoms with E-state index in [1.54, 1.807) is 6.92 Å². The van der Waals surface area contributed by atoms with Crippen molar-refractivity contribution >= 4 is 17.3 Å². The van der Waals surface area contributed by atoms with Crippen molar-refractivity contribution < 1.29 is 14.4 Å². The minimum Gasteiger partial charge on any atom is -0.490 e. The summed E-state index contributed by atoms with van der Waals surface area (Å²) in [5.41, 5.74) is -0.109. The largest absolute Gasteiger partial charge is 0.490 e. The zero-order valence-electron chi connectivity index (χ0n) is 9.73. The zero-order valence-corrected chi connectivity index (χ0v) is 10.5. The summed E-state index contributed by atoms with van der Waals surface area (Å²) in [6.07, 6.45) is 0.818. The van der Waals surface area contributed by atoms with Crippen LogP contribution in [0, 0.1) is 10.1 Å². The van der Waals surface area contributed by atoms with Gasteiger partial charge >= 0.3 is 0 Å². The van der Waals surface area contributed by atoms with Crippen LogP contribution in [0.3, 0.4) is 0 Å². The molecule has 1 aromatic rings. The second-order valence-corrected chi connectivity index (χ2v) is 3.70. The van der Waals surface area contributed by atoms with Gasteiger partial charge in [0.2, 0.25) is 0 Å². The average Bonchev–Trinajstić information content (AvgIpc) is 2.28. The van der Waals surface area contributed by atoms with Crippen LogP contribution in [0.2, 0.25) is 5.02 Å². The Morgan fingerprint density at radius 1 is 1.35 bits per heavy atom. The number of nitro groups is 1. The summed E-state index contributed by atoms with van der Waals surface area (Å²) >= 11 is 5.94. The fourth-order valence-electron chi connectivity index (χ4n) is 1.27. The van der Waals surface area contributed by atoms with Crippen LogP contribution >= 0.6 is 11.6 Å². The number of non-ortho nitro benzene ring substituents is 1. The van der Waals surface area contributed by atoms with E-state index in [4.69, 9.17) is 21.1 Å². The highest BCUT2D eigenvalue weighted by molar-refractivity contribution is 6.32. The van der Waals surface area contributed by atoms with E-state index in [1.165, 1.54) is 12.1 Å². The minimum atomic E-state index is -0.516. The van der Waals surface area contributed by atoms with Gasteiger partial charge in [-0.25, -0.2) is 0 Å². The van der Waals surface area contributed by atoms with Gasteiger partial charge in [0.25, 0.3) is 5.69 Å². The number of ether oxygens (including phenoxy) is 2. The number of benzene rings is 1. The molecule has 0 saturated heterocycles. The van der Waals surface area contributed by atoms with Gasteiger partial charge in [-0.3, -0.25) is 10.1 Å². The third-order valence-electron chi connectivity index (χ3n) is 1.96. The summed E-state index contributed by atoms with van der Waals surface area (Å²) in [5.74, 6) is 0.668. The van der Waals surface area contributed by atoms with Crippen molar-refractivity contribution in [2.75, 3.05) is 13.2 Å². The number of hydrogen-bond acceptors (Lipinski definition) is 4. The summed E-state index contributed by atoms with van der Waals surface area (Å²) in [7, 11) is 0. The van der Waals surface area contributed by atoms with E-state index >= 15 is 0 Å². The second kappa shape index (κ2) is 6.30. The predicted molar refractivity (Wildman–Crippen MR) is 65.1 cm³/mol. The molecule has 1 aromatic carbocycles. The molecule has 0 heterocycles. The molecule has 0 N–H and O–H groups in total. The Hall–Kier alpha value is -1.49. The molecule has 0 aliphatic carbocycles. The van der Waals surface area contributed by atoms with Gasteiger partial charge in [0.05, 0.1) is 29.2 Å². The Labute approximate surface area is 104 Å². The van der Waals surface area contributed by atoms with Gasteiger partial charge in [-0.1, -0.05) is 18.5 Å².